The molecule has 0 bridgehead atoms. The monoisotopic (exact) mass is 457 g/mol. The molecule has 0 saturated carbocycles. The van der Waals surface area contributed by atoms with Crippen molar-refractivity contribution in [3.63, 3.8) is 0 Å². The molecule has 0 aliphatic rings. The molecule has 0 atom stereocenters. The first-order valence-electron chi connectivity index (χ1n) is 10.1. The first-order chi connectivity index (χ1) is 15.3. The van der Waals surface area contributed by atoms with E-state index in [9.17, 15) is 14.4 Å². The largest absolute Gasteiger partial charge is 0.483 e. The van der Waals surface area contributed by atoms with Crippen LogP contribution in [0.15, 0.2) is 48.5 Å². The highest BCUT2D eigenvalue weighted by molar-refractivity contribution is 7.80. The summed E-state index contributed by atoms with van der Waals surface area (Å²) in [6.07, 6.45) is 0.453. The molecule has 2 amide bonds. The van der Waals surface area contributed by atoms with E-state index in [-0.39, 0.29) is 31.2 Å². The first-order valence-corrected chi connectivity index (χ1v) is 10.5. The molecule has 2 aromatic rings. The van der Waals surface area contributed by atoms with Crippen LogP contribution in [0, 0.1) is 13.8 Å². The Kier molecular flexibility index (Phi) is 10.1. The summed E-state index contributed by atoms with van der Waals surface area (Å²) in [7, 11) is 0. The van der Waals surface area contributed by atoms with Gasteiger partial charge in [0.25, 0.3) is 5.91 Å². The van der Waals surface area contributed by atoms with Gasteiger partial charge in [0.2, 0.25) is 5.91 Å². The molecule has 2 aromatic carbocycles. The molecule has 0 heterocycles. The predicted octanol–water partition coefficient (Wildman–Crippen LogP) is 2.27. The van der Waals surface area contributed by atoms with Crippen molar-refractivity contribution >= 4 is 35.1 Å². The maximum absolute atomic E-state index is 11.9. The van der Waals surface area contributed by atoms with E-state index in [0.29, 0.717) is 12.2 Å². The molecule has 0 aliphatic carbocycles. The highest BCUT2D eigenvalue weighted by Gasteiger charge is 2.11. The number of rotatable bonds is 9. The molecular formula is C23H27N3O5S. The lowest BCUT2D eigenvalue weighted by atomic mass is 10.1. The van der Waals surface area contributed by atoms with Gasteiger partial charge in [-0.2, -0.15) is 0 Å². The van der Waals surface area contributed by atoms with Gasteiger partial charge in [-0.15, -0.1) is 0 Å². The van der Waals surface area contributed by atoms with Crippen LogP contribution in [-0.4, -0.2) is 36.1 Å². The average Bonchev–Trinajstić information content (AvgIpc) is 2.78. The van der Waals surface area contributed by atoms with Gasteiger partial charge in [-0.05, 0) is 48.8 Å². The third kappa shape index (κ3) is 9.13. The summed E-state index contributed by atoms with van der Waals surface area (Å²) in [4.78, 5) is 35.5. The number of ether oxygens (including phenoxy) is 2. The van der Waals surface area contributed by atoms with Gasteiger partial charge in [0.05, 0.1) is 13.0 Å². The Balaban J connectivity index is 1.57. The maximum atomic E-state index is 11.9. The average molecular weight is 458 g/mol. The van der Waals surface area contributed by atoms with Gasteiger partial charge in [0.15, 0.2) is 11.7 Å². The molecule has 170 valence electrons. The zero-order valence-electron chi connectivity index (χ0n) is 18.1. The van der Waals surface area contributed by atoms with Crippen LogP contribution in [0.1, 0.15) is 29.5 Å². The quantitative estimate of drug-likeness (QED) is 0.301. The van der Waals surface area contributed by atoms with Gasteiger partial charge < -0.3 is 14.8 Å². The number of aryl methyl sites for hydroxylation is 1. The van der Waals surface area contributed by atoms with Crippen LogP contribution in [0.5, 0.6) is 5.75 Å². The van der Waals surface area contributed by atoms with E-state index in [1.54, 1.807) is 6.07 Å². The number of benzene rings is 2. The standard InChI is InChI=1S/C23H27N3O5S/c1-16-7-6-10-19(17(16)2)31-15-21(28)25-26-23(32)24-20(27)11-12-22(29)30-14-13-18-8-4-3-5-9-18/h3-10H,11-15H2,1-2H3,(H,25,28)(H2,24,26,27,32). The van der Waals surface area contributed by atoms with E-state index in [0.717, 1.165) is 16.7 Å². The van der Waals surface area contributed by atoms with Crippen LogP contribution in [-0.2, 0) is 25.5 Å². The number of thiocarbonyl (C=S) groups is 1. The summed E-state index contributed by atoms with van der Waals surface area (Å²) in [6.45, 7) is 3.89. The summed E-state index contributed by atoms with van der Waals surface area (Å²) in [6, 6.07) is 15.2. The summed E-state index contributed by atoms with van der Waals surface area (Å²) >= 11 is 4.95. The Bertz CT molecular complexity index is 950. The second-order valence-electron chi connectivity index (χ2n) is 6.99. The molecule has 2 rings (SSSR count). The van der Waals surface area contributed by atoms with Crippen LogP contribution < -0.4 is 20.9 Å². The van der Waals surface area contributed by atoms with E-state index in [2.05, 4.69) is 16.2 Å². The van der Waals surface area contributed by atoms with Crippen molar-refractivity contribution in [1.29, 1.82) is 0 Å². The molecule has 0 aliphatic heterocycles. The van der Waals surface area contributed by atoms with Crippen molar-refractivity contribution in [1.82, 2.24) is 16.2 Å². The number of hydrazine groups is 1. The van der Waals surface area contributed by atoms with Crippen molar-refractivity contribution in [2.45, 2.75) is 33.1 Å². The third-order valence-electron chi connectivity index (χ3n) is 4.53. The van der Waals surface area contributed by atoms with Crippen LogP contribution in [0.3, 0.4) is 0 Å². The zero-order chi connectivity index (χ0) is 23.3. The van der Waals surface area contributed by atoms with E-state index in [4.69, 9.17) is 21.7 Å². The normalized spacial score (nSPS) is 10.1. The van der Waals surface area contributed by atoms with Crippen molar-refractivity contribution in [2.75, 3.05) is 13.2 Å². The minimum absolute atomic E-state index is 0.0702. The highest BCUT2D eigenvalue weighted by Crippen LogP contribution is 2.20. The van der Waals surface area contributed by atoms with Crippen molar-refractivity contribution < 1.29 is 23.9 Å². The molecule has 0 spiro atoms. The minimum Gasteiger partial charge on any atom is -0.483 e. The summed E-state index contributed by atoms with van der Waals surface area (Å²) in [5.74, 6) is -0.786. The van der Waals surface area contributed by atoms with E-state index in [1.165, 1.54) is 0 Å². The molecule has 9 heteroatoms. The predicted molar refractivity (Wildman–Crippen MR) is 124 cm³/mol. The van der Waals surface area contributed by atoms with Crippen LogP contribution in [0.4, 0.5) is 0 Å². The Morgan fingerprint density at radius 3 is 2.41 bits per heavy atom. The molecule has 0 radical (unpaired) electrons. The van der Waals surface area contributed by atoms with E-state index in [1.807, 2.05) is 56.3 Å². The lowest BCUT2D eigenvalue weighted by Gasteiger charge is -2.13. The summed E-state index contributed by atoms with van der Waals surface area (Å²) < 4.78 is 10.6. The molecular weight excluding hydrogens is 430 g/mol. The SMILES string of the molecule is Cc1cccc(OCC(=O)NNC(=S)NC(=O)CCC(=O)OCCc2ccccc2)c1C. The molecule has 0 saturated heterocycles. The van der Waals surface area contributed by atoms with Crippen LogP contribution in [0.25, 0.3) is 0 Å². The van der Waals surface area contributed by atoms with Gasteiger partial charge in [-0.3, -0.25) is 25.2 Å². The summed E-state index contributed by atoms with van der Waals surface area (Å²) in [5, 5.41) is 2.29. The molecule has 0 unspecified atom stereocenters. The van der Waals surface area contributed by atoms with Gasteiger partial charge >= 0.3 is 5.97 Å². The Morgan fingerprint density at radius 1 is 0.906 bits per heavy atom. The summed E-state index contributed by atoms with van der Waals surface area (Å²) in [5.41, 5.74) is 7.84. The fraction of sp³-hybridized carbons (Fsp3) is 0.304. The lowest BCUT2D eigenvalue weighted by molar-refractivity contribution is -0.144. The van der Waals surface area contributed by atoms with Gasteiger partial charge in [-0.1, -0.05) is 42.5 Å². The maximum Gasteiger partial charge on any atom is 0.306 e. The Morgan fingerprint density at radius 2 is 1.66 bits per heavy atom. The fourth-order valence-corrected chi connectivity index (χ4v) is 2.79. The number of nitrogens with one attached hydrogen (secondary N) is 3. The van der Waals surface area contributed by atoms with Gasteiger partial charge in [0.1, 0.15) is 5.75 Å². The minimum atomic E-state index is -0.469. The van der Waals surface area contributed by atoms with E-state index < -0.39 is 17.8 Å². The molecule has 32 heavy (non-hydrogen) atoms. The van der Waals surface area contributed by atoms with Gasteiger partial charge in [-0.25, -0.2) is 0 Å². The fourth-order valence-electron chi connectivity index (χ4n) is 2.62. The molecule has 3 N–H and O–H groups in total. The van der Waals surface area contributed by atoms with Crippen molar-refractivity contribution in [3.05, 3.63) is 65.2 Å². The topological polar surface area (TPSA) is 106 Å². The Hall–Kier alpha value is -3.46. The molecule has 0 fully saturated rings. The van der Waals surface area contributed by atoms with Crippen molar-refractivity contribution in [3.8, 4) is 5.75 Å². The number of carbonyl (C=O) groups excluding carboxylic acids is 3. The van der Waals surface area contributed by atoms with Crippen molar-refractivity contribution in [2.24, 2.45) is 0 Å². The smallest absolute Gasteiger partial charge is 0.306 e. The zero-order valence-corrected chi connectivity index (χ0v) is 18.9. The Labute approximate surface area is 192 Å². The third-order valence-corrected chi connectivity index (χ3v) is 4.74. The highest BCUT2D eigenvalue weighted by atomic mass is 32.1. The second-order valence-corrected chi connectivity index (χ2v) is 7.40. The van der Waals surface area contributed by atoms with E-state index >= 15 is 0 Å². The number of amides is 2. The van der Waals surface area contributed by atoms with Gasteiger partial charge in [0, 0.05) is 12.8 Å². The lowest BCUT2D eigenvalue weighted by Crippen LogP contribution is -2.49. The number of esters is 1. The van der Waals surface area contributed by atoms with Crippen LogP contribution >= 0.6 is 12.2 Å². The number of hydrogen-bond acceptors (Lipinski definition) is 6. The second kappa shape index (κ2) is 13.1. The molecule has 0 aromatic heterocycles. The van der Waals surface area contributed by atoms with Crippen LogP contribution in [0.2, 0.25) is 0 Å². The first kappa shape index (κ1) is 24.8. The number of carbonyl (C=O) groups is 3. The number of hydrogen-bond donors (Lipinski definition) is 3. The molecule has 8 nitrogen and oxygen atoms in total.